The van der Waals surface area contributed by atoms with Crippen LogP contribution in [-0.4, -0.2) is 33.2 Å². The molecule has 0 aromatic carbocycles. The fourth-order valence-corrected chi connectivity index (χ4v) is 0.953. The van der Waals surface area contributed by atoms with Gasteiger partial charge in [-0.05, 0) is 25.3 Å². The molecule has 14 heavy (non-hydrogen) atoms. The van der Waals surface area contributed by atoms with Crippen LogP contribution < -0.4 is 5.73 Å². The molecule has 0 saturated carbocycles. The summed E-state index contributed by atoms with van der Waals surface area (Å²) in [7, 11) is 1.70. The monoisotopic (exact) mass is 201 g/mol. The zero-order valence-corrected chi connectivity index (χ0v) is 8.70. The van der Waals surface area contributed by atoms with Crippen LogP contribution in [0.4, 0.5) is 0 Å². The van der Waals surface area contributed by atoms with Gasteiger partial charge in [-0.2, -0.15) is 0 Å². The van der Waals surface area contributed by atoms with Crippen molar-refractivity contribution in [3.05, 3.63) is 11.8 Å². The third-order valence-corrected chi connectivity index (χ3v) is 1.69. The average Bonchev–Trinajstić information content (AvgIpc) is 2.17. The number of hydrogen-bond donors (Lipinski definition) is 1. The van der Waals surface area contributed by atoms with E-state index in [1.165, 1.54) is 6.08 Å². The van der Waals surface area contributed by atoms with Crippen molar-refractivity contribution in [2.75, 3.05) is 26.9 Å². The summed E-state index contributed by atoms with van der Waals surface area (Å²) in [4.78, 5) is 10.00. The van der Waals surface area contributed by atoms with Crippen LogP contribution in [0.1, 0.15) is 19.3 Å². The second-order valence-corrected chi connectivity index (χ2v) is 2.98. The minimum atomic E-state index is 0.336. The Morgan fingerprint density at radius 2 is 2.00 bits per heavy atom. The minimum Gasteiger partial charge on any atom is -0.400 e. The molecule has 0 bridgehead atoms. The Morgan fingerprint density at radius 1 is 1.29 bits per heavy atom. The second-order valence-electron chi connectivity index (χ2n) is 2.98. The first-order valence-corrected chi connectivity index (χ1v) is 4.77. The molecule has 0 unspecified atom stereocenters. The van der Waals surface area contributed by atoms with Crippen molar-refractivity contribution >= 4 is 6.29 Å². The SMILES string of the molecule is COCCCCCOCC(N)=CC=O. The maximum absolute atomic E-state index is 10.00. The van der Waals surface area contributed by atoms with E-state index >= 15 is 0 Å². The number of carbonyl (C=O) groups excluding carboxylic acids is 1. The molecule has 82 valence electrons. The predicted octanol–water partition coefficient (Wildman–Crippen LogP) is 0.861. The van der Waals surface area contributed by atoms with Gasteiger partial charge in [0.25, 0.3) is 0 Å². The highest BCUT2D eigenvalue weighted by Crippen LogP contribution is 1.96. The predicted molar refractivity (Wildman–Crippen MR) is 54.9 cm³/mol. The summed E-state index contributed by atoms with van der Waals surface area (Å²) < 4.78 is 10.1. The molecule has 0 saturated heterocycles. The van der Waals surface area contributed by atoms with E-state index < -0.39 is 0 Å². The summed E-state index contributed by atoms with van der Waals surface area (Å²) in [6.07, 6.45) is 5.12. The van der Waals surface area contributed by atoms with Gasteiger partial charge < -0.3 is 15.2 Å². The molecule has 4 nitrogen and oxygen atoms in total. The van der Waals surface area contributed by atoms with Crippen molar-refractivity contribution in [3.8, 4) is 0 Å². The quantitative estimate of drug-likeness (QED) is 0.341. The molecule has 0 aromatic heterocycles. The lowest BCUT2D eigenvalue weighted by Crippen LogP contribution is -2.07. The van der Waals surface area contributed by atoms with Gasteiger partial charge in [-0.25, -0.2) is 0 Å². The van der Waals surface area contributed by atoms with Crippen molar-refractivity contribution in [1.82, 2.24) is 0 Å². The molecule has 0 rings (SSSR count). The Balaban J connectivity index is 3.13. The molecule has 0 aliphatic rings. The van der Waals surface area contributed by atoms with Crippen molar-refractivity contribution in [2.24, 2.45) is 5.73 Å². The lowest BCUT2D eigenvalue weighted by molar-refractivity contribution is -0.104. The van der Waals surface area contributed by atoms with E-state index in [2.05, 4.69) is 0 Å². The van der Waals surface area contributed by atoms with E-state index in [1.54, 1.807) is 7.11 Å². The van der Waals surface area contributed by atoms with Gasteiger partial charge in [0, 0.05) is 26.0 Å². The molecule has 0 atom stereocenters. The summed E-state index contributed by atoms with van der Waals surface area (Å²) in [5.74, 6) is 0. The molecule has 0 heterocycles. The van der Waals surface area contributed by atoms with Gasteiger partial charge in [-0.1, -0.05) is 0 Å². The number of rotatable bonds is 9. The fourth-order valence-electron chi connectivity index (χ4n) is 0.953. The van der Waals surface area contributed by atoms with E-state index in [4.69, 9.17) is 15.2 Å². The van der Waals surface area contributed by atoms with E-state index in [0.717, 1.165) is 25.9 Å². The number of unbranched alkanes of at least 4 members (excludes halogenated alkanes) is 2. The van der Waals surface area contributed by atoms with Crippen LogP contribution in [0.2, 0.25) is 0 Å². The van der Waals surface area contributed by atoms with Crippen molar-refractivity contribution in [1.29, 1.82) is 0 Å². The smallest absolute Gasteiger partial charge is 0.144 e. The molecule has 0 aliphatic carbocycles. The first-order chi connectivity index (χ1) is 6.81. The van der Waals surface area contributed by atoms with Crippen molar-refractivity contribution in [3.63, 3.8) is 0 Å². The van der Waals surface area contributed by atoms with Gasteiger partial charge in [0.15, 0.2) is 0 Å². The van der Waals surface area contributed by atoms with Crippen LogP contribution in [0.25, 0.3) is 0 Å². The number of nitrogens with two attached hydrogens (primary N) is 1. The van der Waals surface area contributed by atoms with Crippen LogP contribution >= 0.6 is 0 Å². The third kappa shape index (κ3) is 9.22. The van der Waals surface area contributed by atoms with Gasteiger partial charge in [0.05, 0.1) is 6.61 Å². The molecule has 0 aliphatic heterocycles. The molecule has 0 radical (unpaired) electrons. The fraction of sp³-hybridized carbons (Fsp3) is 0.700. The Labute approximate surface area is 85.1 Å². The molecule has 0 fully saturated rings. The zero-order valence-electron chi connectivity index (χ0n) is 8.70. The first kappa shape index (κ1) is 13.1. The minimum absolute atomic E-state index is 0.336. The summed E-state index contributed by atoms with van der Waals surface area (Å²) in [6, 6.07) is 0. The zero-order chi connectivity index (χ0) is 10.6. The number of methoxy groups -OCH3 is 1. The van der Waals surface area contributed by atoms with Crippen LogP contribution in [0.3, 0.4) is 0 Å². The van der Waals surface area contributed by atoms with Gasteiger partial charge in [0.1, 0.15) is 6.29 Å². The van der Waals surface area contributed by atoms with E-state index in [0.29, 0.717) is 25.2 Å². The number of ether oxygens (including phenoxy) is 2. The van der Waals surface area contributed by atoms with Gasteiger partial charge in [-0.15, -0.1) is 0 Å². The number of hydrogen-bond acceptors (Lipinski definition) is 4. The normalized spacial score (nSPS) is 11.6. The standard InChI is InChI=1S/C10H19NO3/c1-13-7-3-2-4-8-14-9-10(11)5-6-12/h5-6H,2-4,7-9,11H2,1H3. The highest BCUT2D eigenvalue weighted by molar-refractivity contribution is 5.65. The molecule has 4 heteroatoms. The Bertz CT molecular complexity index is 169. The van der Waals surface area contributed by atoms with Crippen molar-refractivity contribution < 1.29 is 14.3 Å². The van der Waals surface area contributed by atoms with Crippen LogP contribution in [0.15, 0.2) is 11.8 Å². The second kappa shape index (κ2) is 10.2. The summed E-state index contributed by atoms with van der Waals surface area (Å²) in [5, 5.41) is 0. The highest BCUT2D eigenvalue weighted by atomic mass is 16.5. The Kier molecular flexibility index (Phi) is 9.58. The Hall–Kier alpha value is -0.870. The maximum Gasteiger partial charge on any atom is 0.144 e. The van der Waals surface area contributed by atoms with Crippen molar-refractivity contribution in [2.45, 2.75) is 19.3 Å². The highest BCUT2D eigenvalue weighted by Gasteiger charge is 1.92. The molecular formula is C10H19NO3. The molecule has 2 N–H and O–H groups in total. The summed E-state index contributed by atoms with van der Waals surface area (Å²) in [5.41, 5.74) is 5.90. The van der Waals surface area contributed by atoms with Gasteiger partial charge in [-0.3, -0.25) is 4.79 Å². The molecular weight excluding hydrogens is 182 g/mol. The topological polar surface area (TPSA) is 61.6 Å². The third-order valence-electron chi connectivity index (χ3n) is 1.69. The van der Waals surface area contributed by atoms with Crippen LogP contribution in [0, 0.1) is 0 Å². The molecule has 0 amide bonds. The van der Waals surface area contributed by atoms with Gasteiger partial charge in [0.2, 0.25) is 0 Å². The summed E-state index contributed by atoms with van der Waals surface area (Å²) in [6.45, 7) is 1.81. The maximum atomic E-state index is 10.00. The molecule has 0 aromatic rings. The van der Waals surface area contributed by atoms with E-state index in [-0.39, 0.29) is 0 Å². The Morgan fingerprint density at radius 3 is 2.64 bits per heavy atom. The lowest BCUT2D eigenvalue weighted by atomic mass is 10.2. The molecule has 0 spiro atoms. The van der Waals surface area contributed by atoms with Gasteiger partial charge >= 0.3 is 0 Å². The first-order valence-electron chi connectivity index (χ1n) is 4.77. The lowest BCUT2D eigenvalue weighted by Gasteiger charge is -2.03. The number of aldehydes is 1. The average molecular weight is 201 g/mol. The van der Waals surface area contributed by atoms with E-state index in [9.17, 15) is 4.79 Å². The van der Waals surface area contributed by atoms with E-state index in [1.807, 2.05) is 0 Å². The number of allylic oxidation sites excluding steroid dienone is 1. The number of carbonyl (C=O) groups is 1. The largest absolute Gasteiger partial charge is 0.400 e. The van der Waals surface area contributed by atoms with Crippen LogP contribution in [-0.2, 0) is 14.3 Å². The van der Waals surface area contributed by atoms with Crippen LogP contribution in [0.5, 0.6) is 0 Å². The summed E-state index contributed by atoms with van der Waals surface area (Å²) >= 11 is 0.